The van der Waals surface area contributed by atoms with E-state index < -0.39 is 12.7 Å². The zero-order chi connectivity index (χ0) is 33.6. The number of anilines is 1. The van der Waals surface area contributed by atoms with Gasteiger partial charge in [-0.15, -0.1) is 0 Å². The number of pyridine rings is 1. The van der Waals surface area contributed by atoms with Crippen molar-refractivity contribution in [3.05, 3.63) is 47.7 Å². The van der Waals surface area contributed by atoms with Crippen LogP contribution in [0.5, 0.6) is 11.6 Å². The highest BCUT2D eigenvalue weighted by Gasteiger charge is 2.36. The average Bonchev–Trinajstić information content (AvgIpc) is 3.91. The molecular formula is C35H47F3N4O5. The lowest BCUT2D eigenvalue weighted by atomic mass is 9.92. The van der Waals surface area contributed by atoms with Gasteiger partial charge in [0, 0.05) is 57.6 Å². The lowest BCUT2D eigenvalue weighted by Gasteiger charge is -2.38. The zero-order valence-corrected chi connectivity index (χ0v) is 27.6. The molecule has 1 aromatic carbocycles. The maximum atomic E-state index is 13.8. The summed E-state index contributed by atoms with van der Waals surface area (Å²) < 4.78 is 55.4. The van der Waals surface area contributed by atoms with Crippen LogP contribution in [0.3, 0.4) is 0 Å². The van der Waals surface area contributed by atoms with Crippen LogP contribution < -0.4 is 14.4 Å². The number of carbonyl (C=O) groups is 2. The van der Waals surface area contributed by atoms with Gasteiger partial charge in [-0.05, 0) is 87.0 Å². The fourth-order valence-corrected chi connectivity index (χ4v) is 6.89. The number of ether oxygens (including phenoxy) is 3. The monoisotopic (exact) mass is 660 g/mol. The normalized spacial score (nSPS) is 18.9. The predicted octanol–water partition coefficient (Wildman–Crippen LogP) is 5.93. The Morgan fingerprint density at radius 3 is 2.38 bits per heavy atom. The minimum Gasteiger partial charge on any atom is -0.497 e. The first-order chi connectivity index (χ1) is 22.5. The van der Waals surface area contributed by atoms with E-state index in [4.69, 9.17) is 14.2 Å². The van der Waals surface area contributed by atoms with Gasteiger partial charge < -0.3 is 24.0 Å². The molecule has 2 aliphatic heterocycles. The molecule has 3 heterocycles. The SMILES string of the molecule is CCOC(=O)CC(c1ccnc(OCC2CCN(c3cc(OC)ccc3C(=O)N(C)C3CCN(CC(F)(F)F)CC3)CC2)c1)C1CC1. The molecule has 12 heteroatoms. The van der Waals surface area contributed by atoms with E-state index >= 15 is 0 Å². The maximum Gasteiger partial charge on any atom is 0.401 e. The molecule has 1 aromatic heterocycles. The molecule has 9 nitrogen and oxygen atoms in total. The molecular weight excluding hydrogens is 613 g/mol. The molecule has 0 spiro atoms. The Bertz CT molecular complexity index is 1350. The van der Waals surface area contributed by atoms with Crippen LogP contribution in [0, 0.1) is 11.8 Å². The fraction of sp³-hybridized carbons (Fsp3) is 0.629. The second-order valence-electron chi connectivity index (χ2n) is 13.0. The number of hydrogen-bond donors (Lipinski definition) is 0. The standard InChI is InChI=1S/C35H47F3N4O5/c1-4-46-33(43)21-30(25-5-6-25)26-9-14-39-32(19-26)47-22-24-10-17-42(18-11-24)31-20-28(45-3)7-8-29(31)34(44)40(2)27-12-15-41(16-13-27)23-35(36,37)38/h7-9,14,19-20,24-25,27,30H,4-6,10-13,15-18,21-23H2,1-3H3. The summed E-state index contributed by atoms with van der Waals surface area (Å²) in [6.45, 7) is 3.89. The number of benzene rings is 1. The Morgan fingerprint density at radius 2 is 1.74 bits per heavy atom. The van der Waals surface area contributed by atoms with Crippen LogP contribution >= 0.6 is 0 Å². The molecule has 0 radical (unpaired) electrons. The Labute approximate surface area is 275 Å². The molecule has 1 aliphatic carbocycles. The van der Waals surface area contributed by atoms with Crippen molar-refractivity contribution in [3.8, 4) is 11.6 Å². The van der Waals surface area contributed by atoms with Gasteiger partial charge in [-0.1, -0.05) is 0 Å². The van der Waals surface area contributed by atoms with Gasteiger partial charge in [-0.3, -0.25) is 14.5 Å². The van der Waals surface area contributed by atoms with Gasteiger partial charge in [0.15, 0.2) is 0 Å². The van der Waals surface area contributed by atoms with E-state index in [0.29, 0.717) is 74.6 Å². The summed E-state index contributed by atoms with van der Waals surface area (Å²) in [7, 11) is 3.34. The summed E-state index contributed by atoms with van der Waals surface area (Å²) in [6, 6.07) is 9.26. The molecule has 1 unspecified atom stereocenters. The number of alkyl halides is 3. The van der Waals surface area contributed by atoms with Gasteiger partial charge in [0.25, 0.3) is 5.91 Å². The molecule has 1 amide bonds. The summed E-state index contributed by atoms with van der Waals surface area (Å²) in [6.07, 6.45) is 2.85. The van der Waals surface area contributed by atoms with Crippen LogP contribution in [-0.4, -0.2) is 99.0 Å². The topological polar surface area (TPSA) is 84.4 Å². The van der Waals surface area contributed by atoms with Crippen molar-refractivity contribution >= 4 is 17.6 Å². The third-order valence-corrected chi connectivity index (χ3v) is 9.76. The van der Waals surface area contributed by atoms with Crippen LogP contribution in [0.15, 0.2) is 36.5 Å². The number of rotatable bonds is 13. The van der Waals surface area contributed by atoms with E-state index in [2.05, 4.69) is 9.88 Å². The van der Waals surface area contributed by atoms with Crippen LogP contribution in [-0.2, 0) is 9.53 Å². The smallest absolute Gasteiger partial charge is 0.401 e. The van der Waals surface area contributed by atoms with Crippen LogP contribution in [0.4, 0.5) is 18.9 Å². The number of aromatic nitrogens is 1. The van der Waals surface area contributed by atoms with Crippen molar-refractivity contribution in [1.82, 2.24) is 14.8 Å². The number of amides is 1. The highest BCUT2D eigenvalue weighted by Crippen LogP contribution is 2.45. The van der Waals surface area contributed by atoms with Crippen LogP contribution in [0.25, 0.3) is 0 Å². The molecule has 47 heavy (non-hydrogen) atoms. The summed E-state index contributed by atoms with van der Waals surface area (Å²) >= 11 is 0. The van der Waals surface area contributed by atoms with E-state index in [9.17, 15) is 22.8 Å². The molecule has 3 fully saturated rings. The van der Waals surface area contributed by atoms with Crippen LogP contribution in [0.2, 0.25) is 0 Å². The third-order valence-electron chi connectivity index (χ3n) is 9.76. The first-order valence-electron chi connectivity index (χ1n) is 16.8. The number of methoxy groups -OCH3 is 1. The third kappa shape index (κ3) is 9.52. The second-order valence-corrected chi connectivity index (χ2v) is 13.0. The molecule has 0 bridgehead atoms. The second kappa shape index (κ2) is 15.6. The number of halogens is 3. The molecule has 0 N–H and O–H groups in total. The summed E-state index contributed by atoms with van der Waals surface area (Å²) in [5.74, 6) is 1.82. The number of nitrogens with zero attached hydrogens (tertiary/aromatic N) is 4. The maximum absolute atomic E-state index is 13.8. The Hall–Kier alpha value is -3.54. The van der Waals surface area contributed by atoms with Crippen LogP contribution in [0.1, 0.15) is 73.7 Å². The van der Waals surface area contributed by atoms with Crippen molar-refractivity contribution < 1.29 is 37.0 Å². The first-order valence-corrected chi connectivity index (χ1v) is 16.8. The number of piperidine rings is 2. The van der Waals surface area contributed by atoms with E-state index in [1.165, 1.54) is 4.90 Å². The van der Waals surface area contributed by atoms with E-state index in [0.717, 1.165) is 50.0 Å². The minimum absolute atomic E-state index is 0.114. The molecule has 2 aromatic rings. The van der Waals surface area contributed by atoms with Gasteiger partial charge in [0.2, 0.25) is 5.88 Å². The molecule has 258 valence electrons. The number of carbonyl (C=O) groups excluding carboxylic acids is 2. The number of hydrogen-bond acceptors (Lipinski definition) is 8. The molecule has 5 rings (SSSR count). The van der Waals surface area contributed by atoms with Crippen molar-refractivity contribution in [1.29, 1.82) is 0 Å². The Balaban J connectivity index is 1.17. The largest absolute Gasteiger partial charge is 0.497 e. The van der Waals surface area contributed by atoms with Crippen molar-refractivity contribution in [2.75, 3.05) is 65.0 Å². The zero-order valence-electron chi connectivity index (χ0n) is 27.6. The fourth-order valence-electron chi connectivity index (χ4n) is 6.89. The lowest BCUT2D eigenvalue weighted by Crippen LogP contribution is -2.48. The number of likely N-dealkylation sites (tertiary alicyclic amines) is 1. The molecule has 1 atom stereocenters. The highest BCUT2D eigenvalue weighted by molar-refractivity contribution is 6.00. The van der Waals surface area contributed by atoms with Gasteiger partial charge in [-0.25, -0.2) is 4.98 Å². The lowest BCUT2D eigenvalue weighted by molar-refractivity contribution is -0.148. The first kappa shape index (κ1) is 34.8. The van der Waals surface area contributed by atoms with Gasteiger partial charge >= 0.3 is 12.1 Å². The molecule has 1 saturated carbocycles. The minimum atomic E-state index is -4.22. The van der Waals surface area contributed by atoms with Crippen molar-refractivity contribution in [3.63, 3.8) is 0 Å². The highest BCUT2D eigenvalue weighted by atomic mass is 19.4. The predicted molar refractivity (Wildman–Crippen MR) is 172 cm³/mol. The van der Waals surface area contributed by atoms with Gasteiger partial charge in [0.1, 0.15) is 5.75 Å². The summed E-state index contributed by atoms with van der Waals surface area (Å²) in [5, 5.41) is 0. The Kier molecular flexibility index (Phi) is 11.5. The quantitative estimate of drug-likeness (QED) is 0.245. The van der Waals surface area contributed by atoms with Gasteiger partial charge in [-0.2, -0.15) is 13.2 Å². The summed E-state index contributed by atoms with van der Waals surface area (Å²) in [4.78, 5) is 35.7. The van der Waals surface area contributed by atoms with Crippen molar-refractivity contribution in [2.24, 2.45) is 11.8 Å². The Morgan fingerprint density at radius 1 is 1.02 bits per heavy atom. The van der Waals surface area contributed by atoms with Crippen molar-refractivity contribution in [2.45, 2.75) is 70.0 Å². The van der Waals surface area contributed by atoms with E-state index in [1.807, 2.05) is 25.1 Å². The average molecular weight is 661 g/mol. The molecule has 2 saturated heterocycles. The summed E-state index contributed by atoms with van der Waals surface area (Å²) in [5.41, 5.74) is 2.43. The molecule has 3 aliphatic rings. The van der Waals surface area contributed by atoms with E-state index in [-0.39, 0.29) is 23.8 Å². The van der Waals surface area contributed by atoms with Gasteiger partial charge in [0.05, 0.1) is 44.5 Å². The van der Waals surface area contributed by atoms with E-state index in [1.54, 1.807) is 37.4 Å². The number of esters is 1.